The van der Waals surface area contributed by atoms with Crippen LogP contribution in [0.2, 0.25) is 0 Å². The van der Waals surface area contributed by atoms with Crippen molar-refractivity contribution in [3.05, 3.63) is 24.3 Å². The lowest BCUT2D eigenvalue weighted by Gasteiger charge is -2.16. The van der Waals surface area contributed by atoms with E-state index in [4.69, 9.17) is 9.88 Å². The van der Waals surface area contributed by atoms with Crippen molar-refractivity contribution in [3.8, 4) is 0 Å². The third-order valence-corrected chi connectivity index (χ3v) is 5.06. The molecule has 0 saturated carbocycles. The number of sulfonamides is 2. The van der Waals surface area contributed by atoms with E-state index in [-0.39, 0.29) is 22.4 Å². The molecule has 114 valence electrons. The second kappa shape index (κ2) is 6.64. The molecule has 0 radical (unpaired) electrons. The van der Waals surface area contributed by atoms with E-state index in [1.54, 1.807) is 0 Å². The maximum Gasteiger partial charge on any atom is 0.240 e. The molecular weight excluding hydrogens is 304 g/mol. The monoisotopic (exact) mass is 322 g/mol. The quantitative estimate of drug-likeness (QED) is 0.735. The molecule has 1 atom stereocenters. The Bertz CT molecular complexity index is 655. The number of benzene rings is 1. The van der Waals surface area contributed by atoms with Crippen molar-refractivity contribution in [3.63, 3.8) is 0 Å². The molecule has 0 aromatic heterocycles. The summed E-state index contributed by atoms with van der Waals surface area (Å²) >= 11 is 0. The van der Waals surface area contributed by atoms with Gasteiger partial charge in [-0.3, -0.25) is 0 Å². The number of nitrogens with one attached hydrogen (secondary N) is 1. The minimum Gasteiger partial charge on any atom is -0.383 e. The molecule has 0 bridgehead atoms. The minimum absolute atomic E-state index is 0.154. The Morgan fingerprint density at radius 1 is 1.25 bits per heavy atom. The van der Waals surface area contributed by atoms with Crippen LogP contribution >= 0.6 is 0 Å². The average molecular weight is 322 g/mol. The van der Waals surface area contributed by atoms with E-state index >= 15 is 0 Å². The van der Waals surface area contributed by atoms with Crippen molar-refractivity contribution in [1.29, 1.82) is 0 Å². The summed E-state index contributed by atoms with van der Waals surface area (Å²) in [6.07, 6.45) is 0.544. The molecule has 7 nitrogen and oxygen atoms in total. The summed E-state index contributed by atoms with van der Waals surface area (Å²) in [6, 6.07) is 4.50. The highest BCUT2D eigenvalue weighted by Gasteiger charge is 2.20. The Labute approximate surface area is 119 Å². The summed E-state index contributed by atoms with van der Waals surface area (Å²) in [5, 5.41) is 4.98. The molecule has 1 unspecified atom stereocenters. The first kappa shape index (κ1) is 17.1. The van der Waals surface area contributed by atoms with Crippen LogP contribution in [-0.2, 0) is 24.8 Å². The molecular formula is C11H18N2O5S2. The van der Waals surface area contributed by atoms with E-state index in [9.17, 15) is 16.8 Å². The van der Waals surface area contributed by atoms with E-state index in [0.717, 1.165) is 6.07 Å². The van der Waals surface area contributed by atoms with Gasteiger partial charge in [-0.25, -0.2) is 26.7 Å². The van der Waals surface area contributed by atoms with E-state index in [2.05, 4.69) is 4.72 Å². The lowest BCUT2D eigenvalue weighted by Crippen LogP contribution is -2.37. The molecule has 0 heterocycles. The van der Waals surface area contributed by atoms with Crippen molar-refractivity contribution < 1.29 is 21.6 Å². The van der Waals surface area contributed by atoms with Crippen LogP contribution in [0.3, 0.4) is 0 Å². The predicted octanol–water partition coefficient (Wildman–Crippen LogP) is 0.0373. The van der Waals surface area contributed by atoms with Gasteiger partial charge in [0.15, 0.2) is 0 Å². The zero-order valence-corrected chi connectivity index (χ0v) is 12.9. The van der Waals surface area contributed by atoms with Crippen LogP contribution in [0.1, 0.15) is 13.3 Å². The van der Waals surface area contributed by atoms with Gasteiger partial charge in [-0.2, -0.15) is 0 Å². The average Bonchev–Trinajstić information content (AvgIpc) is 2.37. The van der Waals surface area contributed by atoms with E-state index in [1.165, 1.54) is 25.3 Å². The summed E-state index contributed by atoms with van der Waals surface area (Å²) in [5.74, 6) is 0. The number of methoxy groups -OCH3 is 1. The van der Waals surface area contributed by atoms with Gasteiger partial charge < -0.3 is 4.74 Å². The normalized spacial score (nSPS) is 14.2. The van der Waals surface area contributed by atoms with Crippen LogP contribution in [0.5, 0.6) is 0 Å². The van der Waals surface area contributed by atoms with Crippen molar-refractivity contribution in [2.75, 3.05) is 13.7 Å². The smallest absolute Gasteiger partial charge is 0.240 e. The lowest BCUT2D eigenvalue weighted by atomic mass is 10.3. The van der Waals surface area contributed by atoms with Crippen LogP contribution in [0.15, 0.2) is 34.1 Å². The number of hydrogen-bond donors (Lipinski definition) is 2. The van der Waals surface area contributed by atoms with Crippen molar-refractivity contribution in [2.45, 2.75) is 29.2 Å². The van der Waals surface area contributed by atoms with Gasteiger partial charge in [0.2, 0.25) is 20.0 Å². The Morgan fingerprint density at radius 2 is 1.85 bits per heavy atom. The first-order valence-corrected chi connectivity index (χ1v) is 8.87. The van der Waals surface area contributed by atoms with Crippen LogP contribution in [0.4, 0.5) is 0 Å². The zero-order valence-electron chi connectivity index (χ0n) is 11.2. The molecule has 0 aliphatic carbocycles. The summed E-state index contributed by atoms with van der Waals surface area (Å²) in [6.45, 7) is 2.04. The molecule has 0 aliphatic rings. The van der Waals surface area contributed by atoms with Crippen LogP contribution < -0.4 is 9.86 Å². The molecule has 9 heteroatoms. The fourth-order valence-electron chi connectivity index (χ4n) is 1.54. The maximum absolute atomic E-state index is 12.2. The number of rotatable bonds is 7. The maximum atomic E-state index is 12.2. The Hall–Kier alpha value is -1.00. The molecule has 1 rings (SSSR count). The van der Waals surface area contributed by atoms with Gasteiger partial charge in [0.1, 0.15) is 0 Å². The van der Waals surface area contributed by atoms with E-state index in [0.29, 0.717) is 6.42 Å². The first-order chi connectivity index (χ1) is 9.20. The van der Waals surface area contributed by atoms with Crippen molar-refractivity contribution >= 4 is 20.0 Å². The second-order valence-electron chi connectivity index (χ2n) is 4.20. The summed E-state index contributed by atoms with van der Waals surface area (Å²) in [4.78, 5) is -0.404. The van der Waals surface area contributed by atoms with E-state index in [1.807, 2.05) is 6.92 Å². The number of primary sulfonamides is 1. The van der Waals surface area contributed by atoms with Gasteiger partial charge in [0.05, 0.1) is 16.4 Å². The summed E-state index contributed by atoms with van der Waals surface area (Å²) < 4.78 is 54.1. The van der Waals surface area contributed by atoms with Gasteiger partial charge in [-0.05, 0) is 24.6 Å². The van der Waals surface area contributed by atoms with Crippen molar-refractivity contribution in [2.24, 2.45) is 5.14 Å². The third-order valence-electron chi connectivity index (χ3n) is 2.63. The molecule has 0 aliphatic heterocycles. The SMILES string of the molecule is CCC(COC)NS(=O)(=O)c1cccc(S(N)(=O)=O)c1. The van der Waals surface area contributed by atoms with Gasteiger partial charge in [0, 0.05) is 13.2 Å². The number of nitrogens with two attached hydrogens (primary N) is 1. The molecule has 0 saturated heterocycles. The van der Waals surface area contributed by atoms with Gasteiger partial charge in [0.25, 0.3) is 0 Å². The Balaban J connectivity index is 3.10. The highest BCUT2D eigenvalue weighted by Crippen LogP contribution is 2.15. The molecule has 0 amide bonds. The fraction of sp³-hybridized carbons (Fsp3) is 0.455. The highest BCUT2D eigenvalue weighted by molar-refractivity contribution is 7.90. The van der Waals surface area contributed by atoms with E-state index < -0.39 is 20.0 Å². The van der Waals surface area contributed by atoms with Crippen LogP contribution in [0, 0.1) is 0 Å². The summed E-state index contributed by atoms with van der Waals surface area (Å²) in [5.41, 5.74) is 0. The minimum atomic E-state index is -3.95. The highest BCUT2D eigenvalue weighted by atomic mass is 32.2. The molecule has 1 aromatic rings. The predicted molar refractivity (Wildman–Crippen MR) is 74.1 cm³/mol. The Kier molecular flexibility index (Phi) is 5.66. The molecule has 1 aromatic carbocycles. The van der Waals surface area contributed by atoms with Crippen LogP contribution in [-0.4, -0.2) is 36.6 Å². The summed E-state index contributed by atoms with van der Waals surface area (Å²) in [7, 11) is -6.30. The molecule has 3 N–H and O–H groups in total. The van der Waals surface area contributed by atoms with Gasteiger partial charge in [-0.1, -0.05) is 13.0 Å². The van der Waals surface area contributed by atoms with Crippen LogP contribution in [0.25, 0.3) is 0 Å². The lowest BCUT2D eigenvalue weighted by molar-refractivity contribution is 0.173. The molecule has 20 heavy (non-hydrogen) atoms. The molecule has 0 fully saturated rings. The number of ether oxygens (including phenoxy) is 1. The standard InChI is InChI=1S/C11H18N2O5S2/c1-3-9(8-18-2)13-20(16,17)11-6-4-5-10(7-11)19(12,14)15/h4-7,9,13H,3,8H2,1-2H3,(H2,12,14,15). The van der Waals surface area contributed by atoms with Gasteiger partial charge >= 0.3 is 0 Å². The van der Waals surface area contributed by atoms with Crippen molar-refractivity contribution in [1.82, 2.24) is 4.72 Å². The largest absolute Gasteiger partial charge is 0.383 e. The van der Waals surface area contributed by atoms with Gasteiger partial charge in [-0.15, -0.1) is 0 Å². The first-order valence-electron chi connectivity index (χ1n) is 5.85. The molecule has 0 spiro atoms. The zero-order chi connectivity index (χ0) is 15.4. The third kappa shape index (κ3) is 4.53. The fourth-order valence-corrected chi connectivity index (χ4v) is 3.53. The topological polar surface area (TPSA) is 116 Å². The Morgan fingerprint density at radius 3 is 2.35 bits per heavy atom. The second-order valence-corrected chi connectivity index (χ2v) is 7.48. The number of hydrogen-bond acceptors (Lipinski definition) is 5.